The second-order valence-electron chi connectivity index (χ2n) is 7.88. The Labute approximate surface area is 165 Å². The van der Waals surface area contributed by atoms with Crippen LogP contribution in [0, 0.1) is 31.1 Å². The van der Waals surface area contributed by atoms with E-state index in [2.05, 4.69) is 58.4 Å². The van der Waals surface area contributed by atoms with Crippen molar-refractivity contribution >= 4 is 5.91 Å². The Hall–Kier alpha value is -2.75. The summed E-state index contributed by atoms with van der Waals surface area (Å²) < 4.78 is 0. The van der Waals surface area contributed by atoms with Crippen molar-refractivity contribution in [3.05, 3.63) is 64.5 Å². The molecule has 1 aromatic heterocycles. The molecular formula is C22H25N5O. The molecule has 28 heavy (non-hydrogen) atoms. The summed E-state index contributed by atoms with van der Waals surface area (Å²) in [4.78, 5) is 16.9. The Morgan fingerprint density at radius 2 is 2.04 bits per heavy atom. The molecule has 1 amide bonds. The minimum absolute atomic E-state index is 0.124. The molecule has 4 rings (SSSR count). The third-order valence-corrected chi connectivity index (χ3v) is 6.03. The molecule has 1 saturated carbocycles. The summed E-state index contributed by atoms with van der Waals surface area (Å²) in [5.41, 5.74) is 11.1. The van der Waals surface area contributed by atoms with E-state index in [0.29, 0.717) is 23.2 Å². The summed E-state index contributed by atoms with van der Waals surface area (Å²) in [6.45, 7) is 3.96. The Morgan fingerprint density at radius 1 is 1.21 bits per heavy atom. The lowest BCUT2D eigenvalue weighted by molar-refractivity contribution is 0.0909. The summed E-state index contributed by atoms with van der Waals surface area (Å²) in [6.07, 6.45) is 4.34. The maximum atomic E-state index is 12.7. The van der Waals surface area contributed by atoms with Crippen LogP contribution in [0.5, 0.6) is 0 Å². The van der Waals surface area contributed by atoms with Crippen LogP contribution >= 0.6 is 0 Å². The van der Waals surface area contributed by atoms with Gasteiger partial charge in [0, 0.05) is 18.3 Å². The Morgan fingerprint density at radius 3 is 2.79 bits per heavy atom. The van der Waals surface area contributed by atoms with Gasteiger partial charge in [-0.3, -0.25) is 10.2 Å². The maximum Gasteiger partial charge on any atom is 0.270 e. The Bertz CT molecular complexity index is 935. The van der Waals surface area contributed by atoms with E-state index in [4.69, 9.17) is 5.26 Å². The molecule has 1 aliphatic heterocycles. The fourth-order valence-corrected chi connectivity index (χ4v) is 4.56. The number of hydrogen-bond donors (Lipinski definition) is 3. The highest BCUT2D eigenvalue weighted by atomic mass is 16.1. The van der Waals surface area contributed by atoms with Gasteiger partial charge in [0.15, 0.2) is 0 Å². The minimum atomic E-state index is -0.156. The largest absolute Gasteiger partial charge is 0.348 e. The maximum absolute atomic E-state index is 12.7. The number of nitrogens with zero attached hydrogens (tertiary/aromatic N) is 2. The first-order chi connectivity index (χ1) is 13.6. The van der Waals surface area contributed by atoms with Gasteiger partial charge in [-0.15, -0.1) is 0 Å². The number of nitrogens with one attached hydrogen (secondary N) is 3. The molecule has 4 unspecified atom stereocenters. The first-order valence-electron chi connectivity index (χ1n) is 9.81. The third kappa shape index (κ3) is 3.51. The van der Waals surface area contributed by atoms with E-state index < -0.39 is 0 Å². The molecule has 2 aromatic rings. The molecule has 0 radical (unpaired) electrons. The number of aromatic nitrogens is 1. The average molecular weight is 375 g/mol. The van der Waals surface area contributed by atoms with Crippen LogP contribution in [0.15, 0.2) is 36.5 Å². The molecule has 2 heterocycles. The molecular weight excluding hydrogens is 350 g/mol. The van der Waals surface area contributed by atoms with Gasteiger partial charge >= 0.3 is 0 Å². The molecule has 2 aliphatic rings. The van der Waals surface area contributed by atoms with Gasteiger partial charge in [-0.25, -0.2) is 10.4 Å². The van der Waals surface area contributed by atoms with Gasteiger partial charge in [-0.1, -0.05) is 24.3 Å². The number of hydrazine groups is 1. The predicted octanol–water partition coefficient (Wildman–Crippen LogP) is 2.69. The fourth-order valence-electron chi connectivity index (χ4n) is 4.56. The number of pyridine rings is 1. The number of nitriles is 1. The van der Waals surface area contributed by atoms with Crippen LogP contribution < -0.4 is 16.2 Å². The van der Waals surface area contributed by atoms with Gasteiger partial charge in [0.05, 0.1) is 11.6 Å². The highest BCUT2D eigenvalue weighted by Crippen LogP contribution is 2.39. The molecule has 1 aromatic carbocycles. The van der Waals surface area contributed by atoms with Crippen molar-refractivity contribution < 1.29 is 4.79 Å². The van der Waals surface area contributed by atoms with Crippen molar-refractivity contribution in [3.8, 4) is 6.07 Å². The topological polar surface area (TPSA) is 89.8 Å². The lowest BCUT2D eigenvalue weighted by Gasteiger charge is -2.34. The first-order valence-corrected chi connectivity index (χ1v) is 9.81. The minimum Gasteiger partial charge on any atom is -0.348 e. The summed E-state index contributed by atoms with van der Waals surface area (Å²) in [5, 5.41) is 12.1. The normalized spacial score (nSPS) is 26.3. The van der Waals surface area contributed by atoms with E-state index in [9.17, 15) is 4.79 Å². The third-order valence-electron chi connectivity index (χ3n) is 6.03. The fraction of sp³-hybridized carbons (Fsp3) is 0.409. The highest BCUT2D eigenvalue weighted by Gasteiger charge is 2.41. The summed E-state index contributed by atoms with van der Waals surface area (Å²) >= 11 is 0. The standard InChI is InChI=1S/C22H25N5O/c1-13-5-3-4-6-17(13)21-18-10-16(7-8-19(18)26-27-21)25-22(28)20-14(2)9-15(11-23)12-24-20/h3-6,9,12,16,18-19,21,26-27H,7-8,10H2,1-2H3,(H,25,28). The monoisotopic (exact) mass is 375 g/mol. The lowest BCUT2D eigenvalue weighted by atomic mass is 9.76. The Kier molecular flexibility index (Phi) is 5.12. The molecule has 4 atom stereocenters. The smallest absolute Gasteiger partial charge is 0.270 e. The van der Waals surface area contributed by atoms with Gasteiger partial charge in [-0.2, -0.15) is 5.26 Å². The molecule has 0 spiro atoms. The quantitative estimate of drug-likeness (QED) is 0.767. The van der Waals surface area contributed by atoms with Crippen LogP contribution in [0.1, 0.15) is 58.0 Å². The summed E-state index contributed by atoms with van der Waals surface area (Å²) in [6, 6.07) is 13.0. The van der Waals surface area contributed by atoms with E-state index in [1.807, 2.05) is 6.92 Å². The second kappa shape index (κ2) is 7.70. The van der Waals surface area contributed by atoms with Crippen molar-refractivity contribution in [1.82, 2.24) is 21.2 Å². The zero-order valence-corrected chi connectivity index (χ0v) is 16.2. The van der Waals surface area contributed by atoms with E-state index in [1.165, 1.54) is 17.3 Å². The number of carbonyl (C=O) groups is 1. The van der Waals surface area contributed by atoms with Crippen molar-refractivity contribution in [3.63, 3.8) is 0 Å². The van der Waals surface area contributed by atoms with E-state index in [-0.39, 0.29) is 18.0 Å². The van der Waals surface area contributed by atoms with E-state index in [1.54, 1.807) is 6.07 Å². The second-order valence-corrected chi connectivity index (χ2v) is 7.88. The molecule has 1 saturated heterocycles. The lowest BCUT2D eigenvalue weighted by Crippen LogP contribution is -2.44. The number of rotatable bonds is 3. The van der Waals surface area contributed by atoms with Crippen LogP contribution in [-0.2, 0) is 0 Å². The van der Waals surface area contributed by atoms with Crippen LogP contribution in [-0.4, -0.2) is 23.0 Å². The van der Waals surface area contributed by atoms with Crippen molar-refractivity contribution in [2.45, 2.75) is 51.2 Å². The Balaban J connectivity index is 1.47. The number of carbonyl (C=O) groups excluding carboxylic acids is 1. The van der Waals surface area contributed by atoms with Crippen LogP contribution in [0.3, 0.4) is 0 Å². The molecule has 1 aliphatic carbocycles. The van der Waals surface area contributed by atoms with Crippen LogP contribution in [0.25, 0.3) is 0 Å². The number of fused-ring (bicyclic) bond motifs is 1. The van der Waals surface area contributed by atoms with Crippen LogP contribution in [0.2, 0.25) is 0 Å². The van der Waals surface area contributed by atoms with Gasteiger partial charge in [-0.05, 0) is 61.8 Å². The zero-order valence-electron chi connectivity index (χ0n) is 16.2. The SMILES string of the molecule is Cc1ccccc1C1NNC2CCC(NC(=O)c3ncc(C#N)cc3C)CC21. The molecule has 6 nitrogen and oxygen atoms in total. The van der Waals surface area contributed by atoms with Crippen molar-refractivity contribution in [2.24, 2.45) is 5.92 Å². The number of hydrogen-bond acceptors (Lipinski definition) is 5. The van der Waals surface area contributed by atoms with Gasteiger partial charge in [0.1, 0.15) is 11.8 Å². The highest BCUT2D eigenvalue weighted by molar-refractivity contribution is 5.93. The van der Waals surface area contributed by atoms with Crippen molar-refractivity contribution in [2.75, 3.05) is 0 Å². The van der Waals surface area contributed by atoms with Crippen molar-refractivity contribution in [1.29, 1.82) is 5.26 Å². The number of amides is 1. The number of benzene rings is 1. The zero-order chi connectivity index (χ0) is 19.7. The van der Waals surface area contributed by atoms with Gasteiger partial charge in [0.25, 0.3) is 5.91 Å². The predicted molar refractivity (Wildman–Crippen MR) is 106 cm³/mol. The molecule has 2 fully saturated rings. The molecule has 6 heteroatoms. The molecule has 3 N–H and O–H groups in total. The van der Waals surface area contributed by atoms with Crippen LogP contribution in [0.4, 0.5) is 0 Å². The average Bonchev–Trinajstić information content (AvgIpc) is 3.11. The van der Waals surface area contributed by atoms with E-state index in [0.717, 1.165) is 24.8 Å². The number of aryl methyl sites for hydroxylation is 2. The van der Waals surface area contributed by atoms with Gasteiger partial charge < -0.3 is 5.32 Å². The molecule has 144 valence electrons. The summed E-state index contributed by atoms with van der Waals surface area (Å²) in [5.74, 6) is 0.270. The van der Waals surface area contributed by atoms with E-state index >= 15 is 0 Å². The summed E-state index contributed by atoms with van der Waals surface area (Å²) in [7, 11) is 0. The van der Waals surface area contributed by atoms with Gasteiger partial charge in [0.2, 0.25) is 0 Å². The molecule has 0 bridgehead atoms. The first kappa shape index (κ1) is 18.6.